The first-order valence-corrected chi connectivity index (χ1v) is 10.5. The monoisotopic (exact) mass is 404 g/mol. The second-order valence-corrected chi connectivity index (χ2v) is 7.13. The molecule has 7 nitrogen and oxygen atoms in total. The second kappa shape index (κ2) is 12.5. The van der Waals surface area contributed by atoms with Gasteiger partial charge in [-0.05, 0) is 50.7 Å². The molecule has 0 radical (unpaired) electrons. The highest BCUT2D eigenvalue weighted by Crippen LogP contribution is 2.28. The lowest BCUT2D eigenvalue weighted by molar-refractivity contribution is 0.0705. The molecule has 1 aromatic carbocycles. The van der Waals surface area contributed by atoms with Crippen LogP contribution >= 0.6 is 0 Å². The Morgan fingerprint density at radius 3 is 2.69 bits per heavy atom. The van der Waals surface area contributed by atoms with Crippen LogP contribution in [-0.2, 0) is 13.1 Å². The first-order chi connectivity index (χ1) is 14.1. The van der Waals surface area contributed by atoms with Gasteiger partial charge < -0.3 is 29.4 Å². The van der Waals surface area contributed by atoms with Crippen LogP contribution in [-0.4, -0.2) is 65.6 Å². The molecule has 7 heteroatoms. The highest BCUT2D eigenvalue weighted by molar-refractivity contribution is 5.43. The number of aryl methyl sites for hydroxylation is 2. The highest BCUT2D eigenvalue weighted by Gasteiger charge is 2.12. The summed E-state index contributed by atoms with van der Waals surface area (Å²) in [4.78, 5) is 6.41. The Hall–Kier alpha value is -2.09. The summed E-state index contributed by atoms with van der Waals surface area (Å²) >= 11 is 0. The van der Waals surface area contributed by atoms with Crippen LogP contribution in [0.2, 0.25) is 0 Å². The molecule has 29 heavy (non-hydrogen) atoms. The van der Waals surface area contributed by atoms with Gasteiger partial charge in [0.1, 0.15) is 18.5 Å². The Kier molecular flexibility index (Phi) is 9.97. The van der Waals surface area contributed by atoms with Gasteiger partial charge in [0.25, 0.3) is 0 Å². The zero-order valence-electron chi connectivity index (χ0n) is 18.2. The van der Waals surface area contributed by atoms with Crippen LogP contribution in [0, 0.1) is 6.92 Å². The van der Waals surface area contributed by atoms with Gasteiger partial charge in [0, 0.05) is 32.0 Å². The molecule has 1 aromatic heterocycles. The molecule has 0 aliphatic rings. The molecule has 2 N–H and O–H groups in total. The standard InChI is InChI=1S/C22H36N4O3/c1-5-25(6-2)16-20(27)17-29-21-9-8-19(14-22(21)28-4)15-23-10-7-12-26-13-11-24-18(26)3/h8-9,11,13-14,20,23,27H,5-7,10,12,15-17H2,1-4H3/t20-/m1/s1. The minimum absolute atomic E-state index is 0.248. The van der Waals surface area contributed by atoms with Crippen LogP contribution in [0.25, 0.3) is 0 Å². The molecular weight excluding hydrogens is 368 g/mol. The zero-order valence-corrected chi connectivity index (χ0v) is 18.2. The largest absolute Gasteiger partial charge is 0.493 e. The molecule has 0 saturated carbocycles. The van der Waals surface area contributed by atoms with Crippen molar-refractivity contribution in [2.75, 3.05) is 39.9 Å². The summed E-state index contributed by atoms with van der Waals surface area (Å²) < 4.78 is 13.4. The van der Waals surface area contributed by atoms with E-state index in [0.29, 0.717) is 18.0 Å². The van der Waals surface area contributed by atoms with Crippen LogP contribution in [0.5, 0.6) is 11.5 Å². The van der Waals surface area contributed by atoms with Gasteiger partial charge in [0.2, 0.25) is 0 Å². The van der Waals surface area contributed by atoms with E-state index in [1.165, 1.54) is 0 Å². The number of benzene rings is 1. The van der Waals surface area contributed by atoms with Gasteiger partial charge in [-0.1, -0.05) is 19.9 Å². The van der Waals surface area contributed by atoms with Gasteiger partial charge in [0.05, 0.1) is 7.11 Å². The summed E-state index contributed by atoms with van der Waals surface area (Å²) in [5, 5.41) is 13.7. The van der Waals surface area contributed by atoms with Crippen molar-refractivity contribution in [1.29, 1.82) is 0 Å². The van der Waals surface area contributed by atoms with E-state index in [1.807, 2.05) is 37.5 Å². The molecule has 0 bridgehead atoms. The average Bonchev–Trinajstić information content (AvgIpc) is 3.15. The van der Waals surface area contributed by atoms with Gasteiger partial charge in [-0.25, -0.2) is 4.98 Å². The summed E-state index contributed by atoms with van der Waals surface area (Å²) in [6.07, 6.45) is 4.36. The maximum absolute atomic E-state index is 10.2. The smallest absolute Gasteiger partial charge is 0.161 e. The van der Waals surface area contributed by atoms with Gasteiger partial charge in [-0.2, -0.15) is 0 Å². The van der Waals surface area contributed by atoms with Crippen LogP contribution in [0.1, 0.15) is 31.7 Å². The number of hydrogen-bond donors (Lipinski definition) is 2. The quantitative estimate of drug-likeness (QED) is 0.471. The Balaban J connectivity index is 1.76. The topological polar surface area (TPSA) is 71.8 Å². The predicted octanol–water partition coefficient (Wildman–Crippen LogP) is 2.46. The summed E-state index contributed by atoms with van der Waals surface area (Å²) in [6.45, 7) is 11.5. The van der Waals surface area contributed by atoms with Crippen molar-refractivity contribution < 1.29 is 14.6 Å². The van der Waals surface area contributed by atoms with Crippen molar-refractivity contribution in [2.24, 2.45) is 0 Å². The van der Waals surface area contributed by atoms with Crippen molar-refractivity contribution >= 4 is 0 Å². The van der Waals surface area contributed by atoms with Gasteiger partial charge in [-0.15, -0.1) is 0 Å². The fourth-order valence-electron chi connectivity index (χ4n) is 3.21. The highest BCUT2D eigenvalue weighted by atomic mass is 16.5. The molecule has 1 heterocycles. The Morgan fingerprint density at radius 2 is 2.03 bits per heavy atom. The maximum atomic E-state index is 10.2. The van der Waals surface area contributed by atoms with Gasteiger partial charge in [-0.3, -0.25) is 0 Å². The van der Waals surface area contributed by atoms with Gasteiger partial charge in [0.15, 0.2) is 11.5 Å². The SMILES string of the molecule is CCN(CC)C[C@@H](O)COc1ccc(CNCCCn2ccnc2C)cc1OC. The van der Waals surface area contributed by atoms with Crippen molar-refractivity contribution in [1.82, 2.24) is 19.8 Å². The van der Waals surface area contributed by atoms with Crippen molar-refractivity contribution in [3.63, 3.8) is 0 Å². The van der Waals surface area contributed by atoms with Crippen molar-refractivity contribution in [3.8, 4) is 11.5 Å². The normalized spacial score (nSPS) is 12.3. The number of nitrogens with one attached hydrogen (secondary N) is 1. The number of imidazole rings is 1. The van der Waals surface area contributed by atoms with Crippen LogP contribution < -0.4 is 14.8 Å². The van der Waals surface area contributed by atoms with Gasteiger partial charge >= 0.3 is 0 Å². The van der Waals surface area contributed by atoms with E-state index >= 15 is 0 Å². The van der Waals surface area contributed by atoms with Crippen LogP contribution in [0.4, 0.5) is 0 Å². The Labute approximate surface area is 174 Å². The first kappa shape index (κ1) is 23.2. The number of ether oxygens (including phenoxy) is 2. The predicted molar refractivity (Wildman–Crippen MR) is 116 cm³/mol. The number of nitrogens with zero attached hydrogens (tertiary/aromatic N) is 3. The van der Waals surface area contributed by atoms with E-state index in [2.05, 4.69) is 33.6 Å². The van der Waals surface area contributed by atoms with E-state index in [9.17, 15) is 5.11 Å². The number of hydrogen-bond acceptors (Lipinski definition) is 6. The molecular formula is C22H36N4O3. The molecule has 0 fully saturated rings. The summed E-state index contributed by atoms with van der Waals surface area (Å²) in [7, 11) is 1.64. The summed E-state index contributed by atoms with van der Waals surface area (Å²) in [6, 6.07) is 5.93. The summed E-state index contributed by atoms with van der Waals surface area (Å²) in [5.41, 5.74) is 1.14. The zero-order chi connectivity index (χ0) is 21.1. The molecule has 0 amide bonds. The maximum Gasteiger partial charge on any atom is 0.161 e. The number of rotatable bonds is 14. The van der Waals surface area contributed by atoms with E-state index in [4.69, 9.17) is 9.47 Å². The lowest BCUT2D eigenvalue weighted by Gasteiger charge is -2.22. The third-order valence-electron chi connectivity index (χ3n) is 5.03. The first-order valence-electron chi connectivity index (χ1n) is 10.5. The molecule has 0 spiro atoms. The second-order valence-electron chi connectivity index (χ2n) is 7.13. The minimum Gasteiger partial charge on any atom is -0.493 e. The van der Waals surface area contributed by atoms with E-state index in [-0.39, 0.29) is 6.61 Å². The molecule has 1 atom stereocenters. The van der Waals surface area contributed by atoms with E-state index in [1.54, 1.807) is 7.11 Å². The van der Waals surface area contributed by atoms with Crippen LogP contribution in [0.3, 0.4) is 0 Å². The van der Waals surface area contributed by atoms with Crippen LogP contribution in [0.15, 0.2) is 30.6 Å². The lowest BCUT2D eigenvalue weighted by Crippen LogP contribution is -2.35. The molecule has 2 rings (SSSR count). The van der Waals surface area contributed by atoms with Crippen molar-refractivity contribution in [3.05, 3.63) is 42.0 Å². The fourth-order valence-corrected chi connectivity index (χ4v) is 3.21. The fraction of sp³-hybridized carbons (Fsp3) is 0.591. The Morgan fingerprint density at radius 1 is 1.24 bits per heavy atom. The number of aliphatic hydroxyl groups is 1. The number of likely N-dealkylation sites (N-methyl/N-ethyl adjacent to an activating group) is 1. The number of aliphatic hydroxyl groups excluding tert-OH is 1. The minimum atomic E-state index is -0.528. The molecule has 0 unspecified atom stereocenters. The molecule has 0 aliphatic carbocycles. The molecule has 2 aromatic rings. The lowest BCUT2D eigenvalue weighted by atomic mass is 10.2. The third-order valence-corrected chi connectivity index (χ3v) is 5.03. The summed E-state index contributed by atoms with van der Waals surface area (Å²) in [5.74, 6) is 2.39. The molecule has 0 aliphatic heterocycles. The number of aromatic nitrogens is 2. The Bertz CT molecular complexity index is 716. The molecule has 162 valence electrons. The van der Waals surface area contributed by atoms with E-state index < -0.39 is 6.10 Å². The number of methoxy groups -OCH3 is 1. The average molecular weight is 405 g/mol. The van der Waals surface area contributed by atoms with Crippen molar-refractivity contribution in [2.45, 2.75) is 46.4 Å². The third kappa shape index (κ3) is 7.68. The van der Waals surface area contributed by atoms with E-state index in [0.717, 1.165) is 50.5 Å². The molecule has 0 saturated heterocycles.